The third-order valence-corrected chi connectivity index (χ3v) is 5.99. The lowest BCUT2D eigenvalue weighted by molar-refractivity contribution is 0.949. The molecule has 1 saturated heterocycles. The summed E-state index contributed by atoms with van der Waals surface area (Å²) in [6.45, 7) is 10.2. The quantitative estimate of drug-likeness (QED) is 0.567. The standard InChI is InChI=1S/C15H17S.2C2H6/c1-12-8-9-15(16-10-4-5-11-16)14-7-3-2-6-13(12)14;2*1-2/h2-3,6-9H,4-5,10-11H2,1H3;2*1-2H3/q+1;;. The molecule has 1 aliphatic rings. The minimum Gasteiger partial charge on any atom is -0.0683 e. The van der Waals surface area contributed by atoms with Gasteiger partial charge in [-0.05, 0) is 42.8 Å². The molecule has 0 aliphatic carbocycles. The number of aryl methyl sites for hydroxylation is 1. The van der Waals surface area contributed by atoms with Gasteiger partial charge in [-0.1, -0.05) is 52.0 Å². The Morgan fingerprint density at radius 3 is 1.90 bits per heavy atom. The van der Waals surface area contributed by atoms with Gasteiger partial charge >= 0.3 is 0 Å². The van der Waals surface area contributed by atoms with Crippen molar-refractivity contribution in [2.24, 2.45) is 0 Å². The predicted molar refractivity (Wildman–Crippen MR) is 96.0 cm³/mol. The van der Waals surface area contributed by atoms with E-state index in [1.165, 1.54) is 40.7 Å². The highest BCUT2D eigenvalue weighted by Crippen LogP contribution is 2.31. The molecule has 0 amide bonds. The second-order valence-corrected chi connectivity index (χ2v) is 6.78. The number of fused-ring (bicyclic) bond motifs is 1. The monoisotopic (exact) mass is 289 g/mol. The second kappa shape index (κ2) is 9.07. The topological polar surface area (TPSA) is 0 Å². The van der Waals surface area contributed by atoms with E-state index in [4.69, 9.17) is 0 Å². The molecule has 1 aliphatic heterocycles. The minimum absolute atomic E-state index is 0.526. The van der Waals surface area contributed by atoms with Gasteiger partial charge in [-0.3, -0.25) is 0 Å². The van der Waals surface area contributed by atoms with Gasteiger partial charge in [-0.25, -0.2) is 0 Å². The van der Waals surface area contributed by atoms with Crippen LogP contribution in [0.15, 0.2) is 41.3 Å². The molecule has 1 heterocycles. The maximum atomic E-state index is 2.37. The zero-order valence-electron chi connectivity index (χ0n) is 13.7. The van der Waals surface area contributed by atoms with Crippen molar-refractivity contribution in [2.75, 3.05) is 11.5 Å². The van der Waals surface area contributed by atoms with Crippen molar-refractivity contribution >= 4 is 21.7 Å². The molecular weight excluding hydrogens is 260 g/mol. The van der Waals surface area contributed by atoms with Crippen molar-refractivity contribution in [1.29, 1.82) is 0 Å². The van der Waals surface area contributed by atoms with E-state index in [0.717, 1.165) is 0 Å². The van der Waals surface area contributed by atoms with Crippen LogP contribution in [0.3, 0.4) is 0 Å². The van der Waals surface area contributed by atoms with Crippen LogP contribution in [-0.4, -0.2) is 11.5 Å². The van der Waals surface area contributed by atoms with Crippen LogP contribution in [0.25, 0.3) is 10.8 Å². The number of rotatable bonds is 1. The normalized spacial score (nSPS) is 14.2. The lowest BCUT2D eigenvalue weighted by Crippen LogP contribution is -2.04. The Hall–Kier alpha value is -0.950. The van der Waals surface area contributed by atoms with Gasteiger partial charge in [0.1, 0.15) is 11.5 Å². The molecule has 2 aromatic rings. The first kappa shape index (κ1) is 17.1. The Labute approximate surface area is 127 Å². The molecule has 1 fully saturated rings. The molecule has 0 saturated carbocycles. The molecular formula is C19H29S+. The van der Waals surface area contributed by atoms with E-state index in [-0.39, 0.29) is 0 Å². The smallest absolute Gasteiger partial charge is 0.0683 e. The van der Waals surface area contributed by atoms with Crippen molar-refractivity contribution in [2.45, 2.75) is 52.4 Å². The lowest BCUT2D eigenvalue weighted by Gasteiger charge is -2.07. The molecule has 0 spiro atoms. The van der Waals surface area contributed by atoms with Crippen LogP contribution in [0.1, 0.15) is 46.1 Å². The third-order valence-electron chi connectivity index (χ3n) is 3.44. The van der Waals surface area contributed by atoms with Crippen molar-refractivity contribution in [1.82, 2.24) is 0 Å². The first-order chi connectivity index (χ1) is 9.86. The van der Waals surface area contributed by atoms with E-state index in [1.54, 1.807) is 4.90 Å². The van der Waals surface area contributed by atoms with Crippen molar-refractivity contribution in [3.63, 3.8) is 0 Å². The van der Waals surface area contributed by atoms with Crippen molar-refractivity contribution in [3.8, 4) is 0 Å². The summed E-state index contributed by atoms with van der Waals surface area (Å²) in [5.74, 6) is 2.82. The van der Waals surface area contributed by atoms with E-state index in [1.807, 2.05) is 27.7 Å². The van der Waals surface area contributed by atoms with E-state index in [0.29, 0.717) is 10.9 Å². The minimum atomic E-state index is 0.526. The Balaban J connectivity index is 0.000000461. The SMILES string of the molecule is CC.CC.Cc1ccc([S+]2CCCC2)c2ccccc12. The summed E-state index contributed by atoms with van der Waals surface area (Å²) < 4.78 is 0. The molecule has 110 valence electrons. The van der Waals surface area contributed by atoms with Gasteiger partial charge in [0.05, 0.1) is 0 Å². The maximum Gasteiger partial charge on any atom is 0.162 e. The van der Waals surface area contributed by atoms with Gasteiger partial charge < -0.3 is 0 Å². The molecule has 0 aromatic heterocycles. The molecule has 0 radical (unpaired) electrons. The van der Waals surface area contributed by atoms with E-state index < -0.39 is 0 Å². The average Bonchev–Trinajstić information content (AvgIpc) is 3.06. The third kappa shape index (κ3) is 3.79. The van der Waals surface area contributed by atoms with Crippen LogP contribution >= 0.6 is 0 Å². The van der Waals surface area contributed by atoms with Crippen molar-refractivity contribution < 1.29 is 0 Å². The molecule has 0 bridgehead atoms. The van der Waals surface area contributed by atoms with E-state index >= 15 is 0 Å². The van der Waals surface area contributed by atoms with Crippen LogP contribution in [0.2, 0.25) is 0 Å². The van der Waals surface area contributed by atoms with Crippen LogP contribution in [0, 0.1) is 6.92 Å². The first-order valence-electron chi connectivity index (χ1n) is 8.02. The number of hydrogen-bond donors (Lipinski definition) is 0. The van der Waals surface area contributed by atoms with E-state index in [2.05, 4.69) is 43.3 Å². The van der Waals surface area contributed by atoms with E-state index in [9.17, 15) is 0 Å². The van der Waals surface area contributed by atoms with Gasteiger partial charge in [-0.2, -0.15) is 0 Å². The molecule has 3 rings (SSSR count). The Morgan fingerprint density at radius 1 is 0.750 bits per heavy atom. The molecule has 2 aromatic carbocycles. The Bertz CT molecular complexity index is 510. The van der Waals surface area contributed by atoms with Gasteiger partial charge in [0, 0.05) is 16.3 Å². The second-order valence-electron chi connectivity index (χ2n) is 4.53. The van der Waals surface area contributed by atoms with Gasteiger partial charge in [-0.15, -0.1) is 0 Å². The summed E-state index contributed by atoms with van der Waals surface area (Å²) >= 11 is 0. The highest BCUT2D eigenvalue weighted by molar-refractivity contribution is 7.97. The summed E-state index contributed by atoms with van der Waals surface area (Å²) in [6.07, 6.45) is 2.84. The summed E-state index contributed by atoms with van der Waals surface area (Å²) in [7, 11) is 0.526. The highest BCUT2D eigenvalue weighted by atomic mass is 32.2. The predicted octanol–water partition coefficient (Wildman–Crippen LogP) is 5.97. The summed E-state index contributed by atoms with van der Waals surface area (Å²) in [5.41, 5.74) is 1.40. The van der Waals surface area contributed by atoms with Crippen molar-refractivity contribution in [3.05, 3.63) is 42.0 Å². The van der Waals surface area contributed by atoms with Gasteiger partial charge in [0.15, 0.2) is 4.90 Å². The molecule has 1 heteroatoms. The zero-order valence-corrected chi connectivity index (χ0v) is 14.5. The summed E-state index contributed by atoms with van der Waals surface area (Å²) in [6, 6.07) is 13.5. The molecule has 0 N–H and O–H groups in total. The fraction of sp³-hybridized carbons (Fsp3) is 0.474. The number of hydrogen-bond acceptors (Lipinski definition) is 0. The average molecular weight is 290 g/mol. The van der Waals surface area contributed by atoms with Crippen LogP contribution in [0.4, 0.5) is 0 Å². The zero-order chi connectivity index (χ0) is 15.0. The Kier molecular flexibility index (Phi) is 7.76. The lowest BCUT2D eigenvalue weighted by atomic mass is 10.1. The number of benzene rings is 2. The highest BCUT2D eigenvalue weighted by Gasteiger charge is 2.28. The van der Waals surface area contributed by atoms with Gasteiger partial charge in [0.25, 0.3) is 0 Å². The fourth-order valence-corrected chi connectivity index (χ4v) is 5.05. The van der Waals surface area contributed by atoms with Crippen LogP contribution in [-0.2, 0) is 10.9 Å². The molecule has 0 unspecified atom stereocenters. The maximum absolute atomic E-state index is 2.37. The first-order valence-corrected chi connectivity index (χ1v) is 9.58. The van der Waals surface area contributed by atoms with Gasteiger partial charge in [0.2, 0.25) is 0 Å². The van der Waals surface area contributed by atoms with Crippen LogP contribution < -0.4 is 0 Å². The summed E-state index contributed by atoms with van der Waals surface area (Å²) in [5, 5.41) is 2.94. The Morgan fingerprint density at radius 2 is 1.30 bits per heavy atom. The molecule has 0 atom stereocenters. The molecule has 0 nitrogen and oxygen atoms in total. The van der Waals surface area contributed by atoms with Crippen LogP contribution in [0.5, 0.6) is 0 Å². The fourth-order valence-electron chi connectivity index (χ4n) is 2.55. The largest absolute Gasteiger partial charge is 0.162 e. The summed E-state index contributed by atoms with van der Waals surface area (Å²) in [4.78, 5) is 1.61. The molecule has 20 heavy (non-hydrogen) atoms.